The van der Waals surface area contributed by atoms with Gasteiger partial charge in [0.1, 0.15) is 0 Å². The highest BCUT2D eigenvalue weighted by molar-refractivity contribution is 6.35. The second-order valence-electron chi connectivity index (χ2n) is 6.06. The van der Waals surface area contributed by atoms with Gasteiger partial charge >= 0.3 is 0 Å². The monoisotopic (exact) mass is 383 g/mol. The molecule has 0 saturated carbocycles. The first-order valence-corrected chi connectivity index (χ1v) is 8.96. The lowest BCUT2D eigenvalue weighted by Crippen LogP contribution is -2.13. The van der Waals surface area contributed by atoms with E-state index in [1.54, 1.807) is 18.2 Å². The van der Waals surface area contributed by atoms with Gasteiger partial charge < -0.3 is 10.3 Å². The van der Waals surface area contributed by atoms with Gasteiger partial charge in [-0.15, -0.1) is 0 Å². The Kier molecular flexibility index (Phi) is 4.53. The fraction of sp³-hybridized carbons (Fsp3) is 0.100. The van der Waals surface area contributed by atoms with E-state index < -0.39 is 0 Å². The molecule has 0 saturated heterocycles. The van der Waals surface area contributed by atoms with Crippen molar-refractivity contribution in [1.82, 2.24) is 9.97 Å². The van der Waals surface area contributed by atoms with Gasteiger partial charge in [0.2, 0.25) is 5.91 Å². The predicted molar refractivity (Wildman–Crippen MR) is 107 cm³/mol. The lowest BCUT2D eigenvalue weighted by molar-refractivity contribution is -0.116. The molecule has 130 valence electrons. The molecule has 0 spiro atoms. The SMILES string of the molecule is O=C(CCc1cc2c(cn1)[nH]c1ccccc12)Nc1cc(Cl)ccc1Cl. The average Bonchev–Trinajstić information content (AvgIpc) is 3.01. The van der Waals surface area contributed by atoms with Crippen molar-refractivity contribution in [3.05, 3.63) is 70.5 Å². The predicted octanol–water partition coefficient (Wildman–Crippen LogP) is 5.59. The van der Waals surface area contributed by atoms with Crippen LogP contribution in [0.2, 0.25) is 10.0 Å². The van der Waals surface area contributed by atoms with Crippen LogP contribution in [0.4, 0.5) is 5.69 Å². The molecule has 0 aliphatic rings. The van der Waals surface area contributed by atoms with E-state index in [1.807, 2.05) is 30.5 Å². The highest BCUT2D eigenvalue weighted by Crippen LogP contribution is 2.27. The maximum atomic E-state index is 12.2. The first-order valence-electron chi connectivity index (χ1n) is 8.20. The number of amides is 1. The van der Waals surface area contributed by atoms with E-state index in [9.17, 15) is 4.79 Å². The highest BCUT2D eigenvalue weighted by atomic mass is 35.5. The van der Waals surface area contributed by atoms with Crippen LogP contribution in [0.3, 0.4) is 0 Å². The zero-order valence-corrected chi connectivity index (χ0v) is 15.2. The molecule has 26 heavy (non-hydrogen) atoms. The first-order chi connectivity index (χ1) is 12.6. The number of pyridine rings is 1. The maximum Gasteiger partial charge on any atom is 0.224 e. The van der Waals surface area contributed by atoms with Crippen LogP contribution < -0.4 is 5.32 Å². The Labute approximate surface area is 160 Å². The molecule has 0 aliphatic heterocycles. The number of nitrogens with zero attached hydrogens (tertiary/aromatic N) is 1. The van der Waals surface area contributed by atoms with E-state index in [1.165, 1.54) is 0 Å². The number of aryl methyl sites for hydroxylation is 1. The molecule has 0 aliphatic carbocycles. The van der Waals surface area contributed by atoms with E-state index in [2.05, 4.69) is 21.4 Å². The van der Waals surface area contributed by atoms with E-state index >= 15 is 0 Å². The van der Waals surface area contributed by atoms with Gasteiger partial charge in [0.15, 0.2) is 0 Å². The number of rotatable bonds is 4. The average molecular weight is 384 g/mol. The van der Waals surface area contributed by atoms with Crippen LogP contribution >= 0.6 is 23.2 Å². The summed E-state index contributed by atoms with van der Waals surface area (Å²) in [4.78, 5) is 20.0. The third-order valence-electron chi connectivity index (χ3n) is 4.26. The summed E-state index contributed by atoms with van der Waals surface area (Å²) >= 11 is 12.0. The Hall–Kier alpha value is -2.56. The molecule has 2 N–H and O–H groups in total. The van der Waals surface area contributed by atoms with Crippen molar-refractivity contribution < 1.29 is 4.79 Å². The van der Waals surface area contributed by atoms with Crippen molar-refractivity contribution in [2.45, 2.75) is 12.8 Å². The third kappa shape index (κ3) is 3.39. The molecule has 0 radical (unpaired) electrons. The Morgan fingerprint density at radius 2 is 1.88 bits per heavy atom. The van der Waals surface area contributed by atoms with Gasteiger partial charge in [-0.2, -0.15) is 0 Å². The second kappa shape index (κ2) is 6.98. The van der Waals surface area contributed by atoms with Crippen molar-refractivity contribution in [3.63, 3.8) is 0 Å². The lowest BCUT2D eigenvalue weighted by atomic mass is 10.1. The zero-order chi connectivity index (χ0) is 18.1. The molecular formula is C20H15Cl2N3O. The molecule has 4 rings (SSSR count). The minimum absolute atomic E-state index is 0.130. The summed E-state index contributed by atoms with van der Waals surface area (Å²) in [6, 6.07) is 15.1. The van der Waals surface area contributed by atoms with Gasteiger partial charge in [0.05, 0.1) is 22.4 Å². The number of H-pyrrole nitrogens is 1. The van der Waals surface area contributed by atoms with Crippen molar-refractivity contribution in [2.75, 3.05) is 5.32 Å². The van der Waals surface area contributed by atoms with Crippen LogP contribution in [-0.2, 0) is 11.2 Å². The fourth-order valence-electron chi connectivity index (χ4n) is 2.98. The smallest absolute Gasteiger partial charge is 0.224 e. The Bertz CT molecular complexity index is 1120. The number of carbonyl (C=O) groups is 1. The summed E-state index contributed by atoms with van der Waals surface area (Å²) in [5.41, 5.74) is 3.46. The number of aromatic nitrogens is 2. The van der Waals surface area contributed by atoms with Gasteiger partial charge in [0.25, 0.3) is 0 Å². The van der Waals surface area contributed by atoms with Gasteiger partial charge in [-0.05, 0) is 36.8 Å². The molecule has 6 heteroatoms. The molecule has 2 aromatic heterocycles. The van der Waals surface area contributed by atoms with E-state index in [-0.39, 0.29) is 5.91 Å². The summed E-state index contributed by atoms with van der Waals surface area (Å²) in [6.07, 6.45) is 2.67. The van der Waals surface area contributed by atoms with E-state index in [0.29, 0.717) is 28.6 Å². The number of aromatic amines is 1. The number of carbonyl (C=O) groups excluding carboxylic acids is 1. The number of halogens is 2. The van der Waals surface area contributed by atoms with Crippen LogP contribution in [0.15, 0.2) is 54.7 Å². The molecule has 1 amide bonds. The Morgan fingerprint density at radius 1 is 1.04 bits per heavy atom. The fourth-order valence-corrected chi connectivity index (χ4v) is 3.31. The van der Waals surface area contributed by atoms with Crippen LogP contribution in [0.5, 0.6) is 0 Å². The van der Waals surface area contributed by atoms with Gasteiger partial charge in [-0.1, -0.05) is 41.4 Å². The standard InChI is InChI=1S/C20H15Cl2N3O/c21-12-5-7-16(22)18(9-12)25-20(26)8-6-13-10-15-14-3-1-2-4-17(14)24-19(15)11-23-13/h1-5,7,9-11,24H,6,8H2,(H,25,26). The normalized spacial score (nSPS) is 11.2. The zero-order valence-electron chi connectivity index (χ0n) is 13.7. The number of benzene rings is 2. The highest BCUT2D eigenvalue weighted by Gasteiger charge is 2.09. The van der Waals surface area contributed by atoms with Gasteiger partial charge in [-0.25, -0.2) is 0 Å². The van der Waals surface area contributed by atoms with Crippen molar-refractivity contribution >= 4 is 56.6 Å². The summed E-state index contributed by atoms with van der Waals surface area (Å²) in [5, 5.41) is 6.05. The number of fused-ring (bicyclic) bond motifs is 3. The molecule has 2 heterocycles. The topological polar surface area (TPSA) is 57.8 Å². The van der Waals surface area contributed by atoms with Crippen LogP contribution in [-0.4, -0.2) is 15.9 Å². The molecule has 4 aromatic rings. The summed E-state index contributed by atoms with van der Waals surface area (Å²) in [6.45, 7) is 0. The molecule has 0 bridgehead atoms. The van der Waals surface area contributed by atoms with Crippen molar-refractivity contribution in [2.24, 2.45) is 0 Å². The molecule has 0 atom stereocenters. The lowest BCUT2D eigenvalue weighted by Gasteiger charge is -2.07. The van der Waals surface area contributed by atoms with Gasteiger partial charge in [0, 0.05) is 33.4 Å². The summed E-state index contributed by atoms with van der Waals surface area (Å²) in [7, 11) is 0. The molecule has 0 fully saturated rings. The van der Waals surface area contributed by atoms with E-state index in [0.717, 1.165) is 27.5 Å². The van der Waals surface area contributed by atoms with Crippen LogP contribution in [0.25, 0.3) is 21.8 Å². The number of hydrogen-bond donors (Lipinski definition) is 2. The number of nitrogens with one attached hydrogen (secondary N) is 2. The summed E-state index contributed by atoms with van der Waals surface area (Å²) < 4.78 is 0. The molecule has 0 unspecified atom stereocenters. The maximum absolute atomic E-state index is 12.2. The quantitative estimate of drug-likeness (QED) is 0.482. The molecule has 2 aromatic carbocycles. The Morgan fingerprint density at radius 3 is 2.77 bits per heavy atom. The molecule has 4 nitrogen and oxygen atoms in total. The van der Waals surface area contributed by atoms with Crippen LogP contribution in [0, 0.1) is 0 Å². The number of hydrogen-bond acceptors (Lipinski definition) is 2. The van der Waals surface area contributed by atoms with Gasteiger partial charge in [-0.3, -0.25) is 9.78 Å². The first kappa shape index (κ1) is 16.9. The Balaban J connectivity index is 1.49. The molecular weight excluding hydrogens is 369 g/mol. The van der Waals surface area contributed by atoms with E-state index in [4.69, 9.17) is 23.2 Å². The number of anilines is 1. The van der Waals surface area contributed by atoms with Crippen molar-refractivity contribution in [1.29, 1.82) is 0 Å². The summed E-state index contributed by atoms with van der Waals surface area (Å²) in [5.74, 6) is -0.130. The minimum atomic E-state index is -0.130. The minimum Gasteiger partial charge on any atom is -0.353 e. The number of para-hydroxylation sites is 1. The third-order valence-corrected chi connectivity index (χ3v) is 4.82. The van der Waals surface area contributed by atoms with Crippen LogP contribution in [0.1, 0.15) is 12.1 Å². The van der Waals surface area contributed by atoms with Crippen molar-refractivity contribution in [3.8, 4) is 0 Å². The second-order valence-corrected chi connectivity index (χ2v) is 6.91. The largest absolute Gasteiger partial charge is 0.353 e.